The molecule has 0 aliphatic heterocycles. The first-order chi connectivity index (χ1) is 8.83. The third-order valence-corrected chi connectivity index (χ3v) is 3.90. The molecule has 0 spiro atoms. The van der Waals surface area contributed by atoms with Gasteiger partial charge in [0.15, 0.2) is 0 Å². The SMILES string of the molecule is CCNC(CCCc1ccc(CC)cn1)C1CC1. The van der Waals surface area contributed by atoms with Crippen molar-refractivity contribution < 1.29 is 0 Å². The van der Waals surface area contributed by atoms with E-state index in [9.17, 15) is 0 Å². The zero-order chi connectivity index (χ0) is 12.8. The molecule has 0 radical (unpaired) electrons. The fourth-order valence-electron chi connectivity index (χ4n) is 2.58. The topological polar surface area (TPSA) is 24.9 Å². The lowest BCUT2D eigenvalue weighted by Gasteiger charge is -2.16. The van der Waals surface area contributed by atoms with Crippen LogP contribution in [-0.2, 0) is 12.8 Å². The number of hydrogen-bond acceptors (Lipinski definition) is 2. The van der Waals surface area contributed by atoms with E-state index >= 15 is 0 Å². The highest BCUT2D eigenvalue weighted by Crippen LogP contribution is 2.34. The molecule has 1 aliphatic rings. The molecule has 0 amide bonds. The smallest absolute Gasteiger partial charge is 0.0403 e. The first kappa shape index (κ1) is 13.5. The molecule has 1 aromatic rings. The molecule has 2 nitrogen and oxygen atoms in total. The molecule has 2 heteroatoms. The summed E-state index contributed by atoms with van der Waals surface area (Å²) in [4.78, 5) is 4.53. The number of pyridine rings is 1. The van der Waals surface area contributed by atoms with Crippen LogP contribution in [0.2, 0.25) is 0 Å². The average Bonchev–Trinajstić information content (AvgIpc) is 3.23. The molecule has 1 unspecified atom stereocenters. The lowest BCUT2D eigenvalue weighted by atomic mass is 10.0. The molecule has 2 rings (SSSR count). The predicted molar refractivity (Wildman–Crippen MR) is 76.7 cm³/mol. The Bertz CT molecular complexity index is 341. The number of aryl methyl sites for hydroxylation is 2. The van der Waals surface area contributed by atoms with Gasteiger partial charge in [-0.2, -0.15) is 0 Å². The molecule has 1 atom stereocenters. The van der Waals surface area contributed by atoms with Crippen molar-refractivity contribution in [3.8, 4) is 0 Å². The Morgan fingerprint density at radius 3 is 2.72 bits per heavy atom. The van der Waals surface area contributed by atoms with Crippen LogP contribution in [-0.4, -0.2) is 17.6 Å². The van der Waals surface area contributed by atoms with Crippen LogP contribution < -0.4 is 5.32 Å². The quantitative estimate of drug-likeness (QED) is 0.761. The standard InChI is InChI=1S/C16H26N2/c1-3-13-8-11-15(18-12-13)6-5-7-16(17-4-2)14-9-10-14/h8,11-12,14,16-17H,3-7,9-10H2,1-2H3. The zero-order valence-corrected chi connectivity index (χ0v) is 11.8. The third kappa shape index (κ3) is 4.09. The Kier molecular flexibility index (Phi) is 5.18. The molecule has 1 aromatic heterocycles. The molecule has 1 aliphatic carbocycles. The predicted octanol–water partition coefficient (Wildman–Crippen LogP) is 3.35. The van der Waals surface area contributed by atoms with Crippen molar-refractivity contribution in [1.29, 1.82) is 0 Å². The molecular weight excluding hydrogens is 220 g/mol. The van der Waals surface area contributed by atoms with Crippen LogP contribution in [0, 0.1) is 5.92 Å². The Labute approximate surface area is 111 Å². The minimum absolute atomic E-state index is 0.755. The van der Waals surface area contributed by atoms with Gasteiger partial charge < -0.3 is 5.32 Å². The maximum Gasteiger partial charge on any atom is 0.0403 e. The maximum absolute atomic E-state index is 4.53. The fraction of sp³-hybridized carbons (Fsp3) is 0.688. The van der Waals surface area contributed by atoms with Gasteiger partial charge in [0, 0.05) is 17.9 Å². The van der Waals surface area contributed by atoms with Gasteiger partial charge in [-0.15, -0.1) is 0 Å². The van der Waals surface area contributed by atoms with Crippen molar-refractivity contribution in [2.24, 2.45) is 5.92 Å². The van der Waals surface area contributed by atoms with Crippen LogP contribution in [0.1, 0.15) is 50.8 Å². The minimum Gasteiger partial charge on any atom is -0.314 e. The van der Waals surface area contributed by atoms with Gasteiger partial charge in [0.25, 0.3) is 0 Å². The van der Waals surface area contributed by atoms with E-state index in [1.165, 1.54) is 36.9 Å². The van der Waals surface area contributed by atoms with Gasteiger partial charge in [-0.3, -0.25) is 4.98 Å². The molecule has 0 bridgehead atoms. The van der Waals surface area contributed by atoms with Gasteiger partial charge in [-0.05, 0) is 62.6 Å². The van der Waals surface area contributed by atoms with Gasteiger partial charge in [0.1, 0.15) is 0 Å². The van der Waals surface area contributed by atoms with Crippen LogP contribution in [0.3, 0.4) is 0 Å². The van der Waals surface area contributed by atoms with Crippen LogP contribution in [0.25, 0.3) is 0 Å². The number of rotatable bonds is 8. The Balaban J connectivity index is 1.72. The summed E-state index contributed by atoms with van der Waals surface area (Å²) in [5, 5.41) is 3.63. The third-order valence-electron chi connectivity index (χ3n) is 3.90. The van der Waals surface area contributed by atoms with E-state index in [0.29, 0.717) is 0 Å². The van der Waals surface area contributed by atoms with E-state index in [0.717, 1.165) is 31.3 Å². The summed E-state index contributed by atoms with van der Waals surface area (Å²) in [7, 11) is 0. The highest BCUT2D eigenvalue weighted by molar-refractivity contribution is 5.13. The normalized spacial score (nSPS) is 16.8. The molecule has 0 aromatic carbocycles. The average molecular weight is 246 g/mol. The van der Waals surface area contributed by atoms with E-state index in [2.05, 4.69) is 36.3 Å². The molecule has 1 N–H and O–H groups in total. The first-order valence-corrected chi connectivity index (χ1v) is 7.50. The van der Waals surface area contributed by atoms with E-state index in [1.54, 1.807) is 0 Å². The summed E-state index contributed by atoms with van der Waals surface area (Å²) in [6, 6.07) is 5.16. The van der Waals surface area contributed by atoms with Gasteiger partial charge in [-0.1, -0.05) is 19.9 Å². The summed E-state index contributed by atoms with van der Waals surface area (Å²) >= 11 is 0. The van der Waals surface area contributed by atoms with E-state index in [1.807, 2.05) is 6.20 Å². The highest BCUT2D eigenvalue weighted by Gasteiger charge is 2.29. The van der Waals surface area contributed by atoms with Crippen LogP contribution in [0.4, 0.5) is 0 Å². The van der Waals surface area contributed by atoms with Crippen molar-refractivity contribution in [2.75, 3.05) is 6.54 Å². The first-order valence-electron chi connectivity index (χ1n) is 7.50. The molecule has 1 saturated carbocycles. The lowest BCUT2D eigenvalue weighted by molar-refractivity contribution is 0.433. The van der Waals surface area contributed by atoms with E-state index < -0.39 is 0 Å². The van der Waals surface area contributed by atoms with Crippen molar-refractivity contribution in [3.63, 3.8) is 0 Å². The van der Waals surface area contributed by atoms with Gasteiger partial charge >= 0.3 is 0 Å². The summed E-state index contributed by atoms with van der Waals surface area (Å²) in [5.74, 6) is 0.959. The maximum atomic E-state index is 4.53. The van der Waals surface area contributed by atoms with Crippen molar-refractivity contribution >= 4 is 0 Å². The van der Waals surface area contributed by atoms with Gasteiger partial charge in [-0.25, -0.2) is 0 Å². The van der Waals surface area contributed by atoms with E-state index in [-0.39, 0.29) is 0 Å². The Morgan fingerprint density at radius 1 is 1.33 bits per heavy atom. The van der Waals surface area contributed by atoms with Crippen molar-refractivity contribution in [3.05, 3.63) is 29.6 Å². The number of nitrogens with zero attached hydrogens (tertiary/aromatic N) is 1. The second-order valence-electron chi connectivity index (χ2n) is 5.41. The highest BCUT2D eigenvalue weighted by atomic mass is 14.9. The number of aromatic nitrogens is 1. The molecule has 0 saturated heterocycles. The molecule has 18 heavy (non-hydrogen) atoms. The monoisotopic (exact) mass is 246 g/mol. The van der Waals surface area contributed by atoms with Gasteiger partial charge in [0.05, 0.1) is 0 Å². The van der Waals surface area contributed by atoms with Crippen LogP contribution >= 0.6 is 0 Å². The van der Waals surface area contributed by atoms with Crippen molar-refractivity contribution in [1.82, 2.24) is 10.3 Å². The molecule has 1 heterocycles. The Hall–Kier alpha value is -0.890. The van der Waals surface area contributed by atoms with Gasteiger partial charge in [0.2, 0.25) is 0 Å². The number of hydrogen-bond donors (Lipinski definition) is 1. The molecule has 100 valence electrons. The fourth-order valence-corrected chi connectivity index (χ4v) is 2.58. The lowest BCUT2D eigenvalue weighted by Crippen LogP contribution is -2.30. The summed E-state index contributed by atoms with van der Waals surface area (Å²) in [6.07, 6.45) is 9.65. The Morgan fingerprint density at radius 2 is 2.17 bits per heavy atom. The van der Waals surface area contributed by atoms with Crippen LogP contribution in [0.15, 0.2) is 18.3 Å². The van der Waals surface area contributed by atoms with Crippen molar-refractivity contribution in [2.45, 2.75) is 58.4 Å². The van der Waals surface area contributed by atoms with E-state index in [4.69, 9.17) is 0 Å². The zero-order valence-electron chi connectivity index (χ0n) is 11.8. The summed E-state index contributed by atoms with van der Waals surface area (Å²) in [5.41, 5.74) is 2.58. The second kappa shape index (κ2) is 6.89. The molecular formula is C16H26N2. The minimum atomic E-state index is 0.755. The number of nitrogens with one attached hydrogen (secondary N) is 1. The summed E-state index contributed by atoms with van der Waals surface area (Å²) < 4.78 is 0. The van der Waals surface area contributed by atoms with Crippen LogP contribution in [0.5, 0.6) is 0 Å². The summed E-state index contributed by atoms with van der Waals surface area (Å²) in [6.45, 7) is 5.48. The molecule has 1 fully saturated rings. The second-order valence-corrected chi connectivity index (χ2v) is 5.41. The largest absolute Gasteiger partial charge is 0.314 e.